The van der Waals surface area contributed by atoms with Crippen molar-refractivity contribution in [3.63, 3.8) is 0 Å². The first kappa shape index (κ1) is 12.3. The second-order valence-electron chi connectivity index (χ2n) is 4.83. The van der Waals surface area contributed by atoms with Gasteiger partial charge in [0.15, 0.2) is 0 Å². The van der Waals surface area contributed by atoms with Crippen LogP contribution < -0.4 is 5.32 Å². The zero-order chi connectivity index (χ0) is 13.2. The number of hydrogen-bond acceptors (Lipinski definition) is 2. The number of rotatable bonds is 2. The van der Waals surface area contributed by atoms with Gasteiger partial charge in [0.25, 0.3) is 0 Å². The summed E-state index contributed by atoms with van der Waals surface area (Å²) < 4.78 is 28.5. The molecule has 1 unspecified atom stereocenters. The number of benzene rings is 1. The molecule has 1 fully saturated rings. The molecule has 3 nitrogen and oxygen atoms in total. The number of imidazole rings is 1. The molecule has 1 aliphatic heterocycles. The van der Waals surface area contributed by atoms with Crippen LogP contribution in [0.1, 0.15) is 24.5 Å². The number of piperidine rings is 1. The predicted molar refractivity (Wildman–Crippen MR) is 68.3 cm³/mol. The van der Waals surface area contributed by atoms with Gasteiger partial charge >= 0.3 is 0 Å². The van der Waals surface area contributed by atoms with E-state index in [0.29, 0.717) is 11.6 Å². The summed E-state index contributed by atoms with van der Waals surface area (Å²) in [7, 11) is 0. The Morgan fingerprint density at radius 2 is 2.21 bits per heavy atom. The summed E-state index contributed by atoms with van der Waals surface area (Å²) in [5.41, 5.74) is 1.32. The van der Waals surface area contributed by atoms with Crippen molar-refractivity contribution < 1.29 is 8.78 Å². The van der Waals surface area contributed by atoms with Crippen molar-refractivity contribution in [1.29, 1.82) is 0 Å². The molecule has 0 saturated carbocycles. The van der Waals surface area contributed by atoms with Gasteiger partial charge in [-0.2, -0.15) is 0 Å². The lowest BCUT2D eigenvalue weighted by Crippen LogP contribution is -2.29. The standard InChI is InChI=1S/C14H15F2N3/c15-11-3-4-13(12(16)6-11)19-9-18-8-14(19)10-2-1-5-17-7-10/h3-4,6,8-10,17H,1-2,5,7H2. The van der Waals surface area contributed by atoms with E-state index in [-0.39, 0.29) is 0 Å². The molecular formula is C14H15F2N3. The maximum atomic E-state index is 13.9. The first-order valence-electron chi connectivity index (χ1n) is 6.44. The number of nitrogens with zero attached hydrogens (tertiary/aromatic N) is 2. The van der Waals surface area contributed by atoms with Gasteiger partial charge in [0.2, 0.25) is 0 Å². The van der Waals surface area contributed by atoms with Gasteiger partial charge in [-0.1, -0.05) is 0 Å². The molecule has 0 spiro atoms. The highest BCUT2D eigenvalue weighted by atomic mass is 19.1. The van der Waals surface area contributed by atoms with Crippen LogP contribution >= 0.6 is 0 Å². The highest BCUT2D eigenvalue weighted by molar-refractivity contribution is 5.36. The van der Waals surface area contributed by atoms with Gasteiger partial charge in [0.05, 0.1) is 12.0 Å². The Hall–Kier alpha value is -1.75. The first-order chi connectivity index (χ1) is 9.25. The van der Waals surface area contributed by atoms with Gasteiger partial charge in [0.1, 0.15) is 11.6 Å². The summed E-state index contributed by atoms with van der Waals surface area (Å²) in [6, 6.07) is 3.62. The van der Waals surface area contributed by atoms with Crippen molar-refractivity contribution in [3.05, 3.63) is 48.1 Å². The molecule has 1 aromatic carbocycles. The number of hydrogen-bond donors (Lipinski definition) is 1. The molecule has 0 radical (unpaired) electrons. The van der Waals surface area contributed by atoms with Gasteiger partial charge in [-0.25, -0.2) is 13.8 Å². The van der Waals surface area contributed by atoms with Crippen LogP contribution in [0.4, 0.5) is 8.78 Å². The summed E-state index contributed by atoms with van der Waals surface area (Å²) in [6.45, 7) is 1.89. The second kappa shape index (κ2) is 5.09. The van der Waals surface area contributed by atoms with Gasteiger partial charge in [0, 0.05) is 30.4 Å². The zero-order valence-electron chi connectivity index (χ0n) is 10.4. The Morgan fingerprint density at radius 1 is 1.32 bits per heavy atom. The first-order valence-corrected chi connectivity index (χ1v) is 6.44. The van der Waals surface area contributed by atoms with Crippen LogP contribution in [0.5, 0.6) is 0 Å². The van der Waals surface area contributed by atoms with Crippen LogP contribution in [-0.2, 0) is 0 Å². The summed E-state index contributed by atoms with van der Waals surface area (Å²) in [6.07, 6.45) is 5.50. The SMILES string of the molecule is Fc1ccc(-n2cncc2C2CCCNC2)c(F)c1. The molecule has 0 bridgehead atoms. The second-order valence-corrected chi connectivity index (χ2v) is 4.83. The molecule has 0 amide bonds. The van der Waals surface area contributed by atoms with E-state index < -0.39 is 11.6 Å². The minimum Gasteiger partial charge on any atom is -0.316 e. The molecule has 1 atom stereocenters. The lowest BCUT2D eigenvalue weighted by atomic mass is 9.96. The molecular weight excluding hydrogens is 248 g/mol. The Labute approximate surface area is 110 Å². The van der Waals surface area contributed by atoms with Crippen molar-refractivity contribution in [2.24, 2.45) is 0 Å². The largest absolute Gasteiger partial charge is 0.316 e. The third kappa shape index (κ3) is 2.38. The predicted octanol–water partition coefficient (Wildman–Crippen LogP) is 2.62. The topological polar surface area (TPSA) is 29.9 Å². The molecule has 5 heteroatoms. The van der Waals surface area contributed by atoms with Crippen LogP contribution in [0.25, 0.3) is 5.69 Å². The maximum absolute atomic E-state index is 13.9. The average molecular weight is 263 g/mol. The van der Waals surface area contributed by atoms with Crippen molar-refractivity contribution in [2.45, 2.75) is 18.8 Å². The monoisotopic (exact) mass is 263 g/mol. The quantitative estimate of drug-likeness (QED) is 0.902. The van der Waals surface area contributed by atoms with Gasteiger partial charge in [-0.15, -0.1) is 0 Å². The third-order valence-corrected chi connectivity index (χ3v) is 3.55. The minimum absolute atomic E-state index is 0.320. The van der Waals surface area contributed by atoms with E-state index in [4.69, 9.17) is 0 Å². The lowest BCUT2D eigenvalue weighted by Gasteiger charge is -2.23. The molecule has 1 saturated heterocycles. The summed E-state index contributed by atoms with van der Waals surface area (Å²) in [5, 5.41) is 3.33. The number of aromatic nitrogens is 2. The fraction of sp³-hybridized carbons (Fsp3) is 0.357. The summed E-state index contributed by atoms with van der Waals surface area (Å²) in [5.74, 6) is -0.814. The van der Waals surface area contributed by atoms with Crippen molar-refractivity contribution in [1.82, 2.24) is 14.9 Å². The van der Waals surface area contributed by atoms with E-state index in [1.54, 1.807) is 17.1 Å². The molecule has 1 aromatic heterocycles. The minimum atomic E-state index is -0.567. The van der Waals surface area contributed by atoms with Gasteiger partial charge < -0.3 is 9.88 Å². The van der Waals surface area contributed by atoms with Gasteiger partial charge in [-0.3, -0.25) is 0 Å². The van der Waals surface area contributed by atoms with E-state index >= 15 is 0 Å². The molecule has 1 N–H and O–H groups in total. The molecule has 1 aliphatic rings. The molecule has 3 rings (SSSR count). The lowest BCUT2D eigenvalue weighted by molar-refractivity contribution is 0.449. The van der Waals surface area contributed by atoms with E-state index in [9.17, 15) is 8.78 Å². The fourth-order valence-electron chi connectivity index (χ4n) is 2.59. The number of halogens is 2. The normalized spacial score (nSPS) is 19.6. The zero-order valence-corrected chi connectivity index (χ0v) is 10.4. The van der Waals surface area contributed by atoms with Crippen LogP contribution in [0.3, 0.4) is 0 Å². The van der Waals surface area contributed by atoms with Crippen molar-refractivity contribution >= 4 is 0 Å². The Morgan fingerprint density at radius 3 is 2.95 bits per heavy atom. The third-order valence-electron chi connectivity index (χ3n) is 3.55. The van der Waals surface area contributed by atoms with E-state index in [2.05, 4.69) is 10.3 Å². The highest BCUT2D eigenvalue weighted by Gasteiger charge is 2.20. The van der Waals surface area contributed by atoms with E-state index in [1.165, 1.54) is 12.1 Å². The molecule has 100 valence electrons. The summed E-state index contributed by atoms with van der Waals surface area (Å²) in [4.78, 5) is 4.11. The van der Waals surface area contributed by atoms with E-state index in [1.807, 2.05) is 0 Å². The Balaban J connectivity index is 1.99. The molecule has 2 aromatic rings. The maximum Gasteiger partial charge on any atom is 0.150 e. The summed E-state index contributed by atoms with van der Waals surface area (Å²) >= 11 is 0. The fourth-order valence-corrected chi connectivity index (χ4v) is 2.59. The molecule has 19 heavy (non-hydrogen) atoms. The smallest absolute Gasteiger partial charge is 0.150 e. The highest BCUT2D eigenvalue weighted by Crippen LogP contribution is 2.26. The average Bonchev–Trinajstić information content (AvgIpc) is 2.89. The Kier molecular flexibility index (Phi) is 3.29. The van der Waals surface area contributed by atoms with Crippen LogP contribution in [0.2, 0.25) is 0 Å². The molecule has 0 aliphatic carbocycles. The van der Waals surface area contributed by atoms with Gasteiger partial charge in [-0.05, 0) is 31.5 Å². The van der Waals surface area contributed by atoms with Crippen LogP contribution in [0.15, 0.2) is 30.7 Å². The van der Waals surface area contributed by atoms with E-state index in [0.717, 1.165) is 37.7 Å². The van der Waals surface area contributed by atoms with Crippen molar-refractivity contribution in [2.75, 3.05) is 13.1 Å². The number of nitrogens with one attached hydrogen (secondary N) is 1. The van der Waals surface area contributed by atoms with Crippen LogP contribution in [-0.4, -0.2) is 22.6 Å². The van der Waals surface area contributed by atoms with Crippen molar-refractivity contribution in [3.8, 4) is 5.69 Å². The Bertz CT molecular complexity index is 574. The molecule has 2 heterocycles. The van der Waals surface area contributed by atoms with Crippen LogP contribution in [0, 0.1) is 11.6 Å².